The zero-order valence-corrected chi connectivity index (χ0v) is 12.7. The van der Waals surface area contributed by atoms with Gasteiger partial charge in [-0.2, -0.15) is 5.26 Å². The summed E-state index contributed by atoms with van der Waals surface area (Å²) in [7, 11) is 0. The number of hydrogen-bond donors (Lipinski definition) is 0. The van der Waals surface area contributed by atoms with Crippen LogP contribution in [0, 0.1) is 11.3 Å². The van der Waals surface area contributed by atoms with Crippen LogP contribution in [0.5, 0.6) is 0 Å². The molecule has 0 bridgehead atoms. The van der Waals surface area contributed by atoms with Crippen LogP contribution >= 0.6 is 11.3 Å². The molecule has 1 fully saturated rings. The Bertz CT molecular complexity index is 441. The fraction of sp³-hybridized carbons (Fsp3) is 0.714. The first-order chi connectivity index (χ1) is 9.26. The fourth-order valence-corrected chi connectivity index (χ4v) is 3.37. The molecule has 0 spiro atoms. The average Bonchev–Trinajstić information content (AvgIpc) is 2.82. The van der Waals surface area contributed by atoms with Gasteiger partial charge in [0.1, 0.15) is 16.0 Å². The Hall–Kier alpha value is -0.960. The number of aryl methyl sites for hydroxylation is 1. The molecule has 0 saturated carbocycles. The van der Waals surface area contributed by atoms with Gasteiger partial charge < -0.3 is 4.90 Å². The van der Waals surface area contributed by atoms with E-state index in [1.807, 2.05) is 0 Å². The second-order valence-electron chi connectivity index (χ2n) is 4.96. The van der Waals surface area contributed by atoms with E-state index in [1.54, 1.807) is 11.3 Å². The molecular formula is C14H22N4S. The molecule has 1 aromatic heterocycles. The number of aromatic nitrogens is 1. The number of nitrogens with zero attached hydrogens (tertiary/aromatic N) is 4. The molecule has 0 amide bonds. The van der Waals surface area contributed by atoms with Gasteiger partial charge in [-0.25, -0.2) is 4.98 Å². The Kier molecular flexibility index (Phi) is 5.32. The summed E-state index contributed by atoms with van der Waals surface area (Å²) in [6.45, 7) is 10.9. The zero-order valence-electron chi connectivity index (χ0n) is 11.9. The summed E-state index contributed by atoms with van der Waals surface area (Å²) in [5.41, 5.74) is 0.997. The number of likely N-dealkylation sites (N-methyl/N-ethyl adjacent to an activating group) is 1. The Morgan fingerprint density at radius 3 is 2.47 bits per heavy atom. The standard InChI is InChI=1S/C14H22N4S/c1-3-5-12-13(10-15)19-14(16-12)11-18-8-6-17(4-2)7-9-18/h3-9,11H2,1-2H3. The van der Waals surface area contributed by atoms with Crippen LogP contribution in [0.15, 0.2) is 0 Å². The van der Waals surface area contributed by atoms with E-state index >= 15 is 0 Å². The van der Waals surface area contributed by atoms with E-state index in [0.29, 0.717) is 0 Å². The molecule has 1 aliphatic rings. The van der Waals surface area contributed by atoms with Crippen molar-refractivity contribution in [2.75, 3.05) is 32.7 Å². The van der Waals surface area contributed by atoms with Gasteiger partial charge in [0, 0.05) is 26.2 Å². The van der Waals surface area contributed by atoms with Crippen LogP contribution in [-0.2, 0) is 13.0 Å². The third-order valence-electron chi connectivity index (χ3n) is 3.60. The molecule has 1 aromatic rings. The van der Waals surface area contributed by atoms with E-state index in [4.69, 9.17) is 5.26 Å². The summed E-state index contributed by atoms with van der Waals surface area (Å²) in [6.07, 6.45) is 1.97. The predicted octanol–water partition coefficient (Wildman–Crippen LogP) is 2.10. The van der Waals surface area contributed by atoms with Gasteiger partial charge >= 0.3 is 0 Å². The number of hydrogen-bond acceptors (Lipinski definition) is 5. The fourth-order valence-electron chi connectivity index (χ4n) is 2.42. The van der Waals surface area contributed by atoms with Gasteiger partial charge in [-0.3, -0.25) is 4.90 Å². The van der Waals surface area contributed by atoms with Crippen LogP contribution in [0.2, 0.25) is 0 Å². The summed E-state index contributed by atoms with van der Waals surface area (Å²) in [5.74, 6) is 0. The maximum Gasteiger partial charge on any atom is 0.128 e. The lowest BCUT2D eigenvalue weighted by Gasteiger charge is -2.33. The van der Waals surface area contributed by atoms with Crippen molar-refractivity contribution in [1.82, 2.24) is 14.8 Å². The van der Waals surface area contributed by atoms with Crippen molar-refractivity contribution in [1.29, 1.82) is 5.26 Å². The molecule has 0 N–H and O–H groups in total. The van der Waals surface area contributed by atoms with Crippen molar-refractivity contribution < 1.29 is 0 Å². The summed E-state index contributed by atoms with van der Waals surface area (Å²) in [5, 5.41) is 10.2. The van der Waals surface area contributed by atoms with Crippen LogP contribution in [-0.4, -0.2) is 47.5 Å². The minimum Gasteiger partial charge on any atom is -0.301 e. The normalized spacial score (nSPS) is 17.5. The molecule has 2 heterocycles. The molecule has 104 valence electrons. The van der Waals surface area contributed by atoms with Crippen LogP contribution in [0.4, 0.5) is 0 Å². The topological polar surface area (TPSA) is 43.2 Å². The van der Waals surface area contributed by atoms with Crippen LogP contribution in [0.25, 0.3) is 0 Å². The smallest absolute Gasteiger partial charge is 0.128 e. The van der Waals surface area contributed by atoms with Crippen molar-refractivity contribution >= 4 is 11.3 Å². The first kappa shape index (κ1) is 14.4. The molecule has 0 aliphatic carbocycles. The van der Waals surface area contributed by atoms with Gasteiger partial charge in [0.15, 0.2) is 0 Å². The van der Waals surface area contributed by atoms with Gasteiger partial charge in [0.05, 0.1) is 12.2 Å². The largest absolute Gasteiger partial charge is 0.301 e. The molecule has 0 radical (unpaired) electrons. The number of nitriles is 1. The molecule has 5 heteroatoms. The van der Waals surface area contributed by atoms with Crippen molar-refractivity contribution in [3.05, 3.63) is 15.6 Å². The predicted molar refractivity (Wildman–Crippen MR) is 78.2 cm³/mol. The summed E-state index contributed by atoms with van der Waals surface area (Å²) in [6, 6.07) is 2.28. The summed E-state index contributed by atoms with van der Waals surface area (Å²) in [4.78, 5) is 10.4. The summed E-state index contributed by atoms with van der Waals surface area (Å²) >= 11 is 1.57. The van der Waals surface area contributed by atoms with E-state index in [1.165, 1.54) is 0 Å². The molecule has 0 atom stereocenters. The van der Waals surface area contributed by atoms with Gasteiger partial charge in [0.2, 0.25) is 0 Å². The second kappa shape index (κ2) is 6.99. The number of rotatable bonds is 5. The van der Waals surface area contributed by atoms with Crippen molar-refractivity contribution in [3.63, 3.8) is 0 Å². The Morgan fingerprint density at radius 1 is 1.21 bits per heavy atom. The van der Waals surface area contributed by atoms with Crippen molar-refractivity contribution in [2.45, 2.75) is 33.2 Å². The highest BCUT2D eigenvalue weighted by atomic mass is 32.1. The monoisotopic (exact) mass is 278 g/mol. The number of piperazine rings is 1. The minimum absolute atomic E-state index is 0.809. The lowest BCUT2D eigenvalue weighted by molar-refractivity contribution is 0.132. The molecule has 1 aliphatic heterocycles. The lowest BCUT2D eigenvalue weighted by atomic mass is 10.2. The van der Waals surface area contributed by atoms with Crippen LogP contribution in [0.1, 0.15) is 35.8 Å². The molecule has 0 unspecified atom stereocenters. The Morgan fingerprint density at radius 2 is 1.89 bits per heavy atom. The summed E-state index contributed by atoms with van der Waals surface area (Å²) < 4.78 is 0. The minimum atomic E-state index is 0.809. The van der Waals surface area contributed by atoms with Gasteiger partial charge in [0.25, 0.3) is 0 Å². The highest BCUT2D eigenvalue weighted by Crippen LogP contribution is 2.21. The maximum absolute atomic E-state index is 9.13. The average molecular weight is 278 g/mol. The van der Waals surface area contributed by atoms with E-state index < -0.39 is 0 Å². The SMILES string of the molecule is CCCc1nc(CN2CCN(CC)CC2)sc1C#N. The van der Waals surface area contributed by atoms with E-state index in [0.717, 1.165) is 67.7 Å². The van der Waals surface area contributed by atoms with E-state index in [-0.39, 0.29) is 0 Å². The van der Waals surface area contributed by atoms with Gasteiger partial charge in [-0.1, -0.05) is 20.3 Å². The molecule has 4 nitrogen and oxygen atoms in total. The molecular weight excluding hydrogens is 256 g/mol. The highest BCUT2D eigenvalue weighted by molar-refractivity contribution is 7.12. The van der Waals surface area contributed by atoms with Crippen LogP contribution < -0.4 is 0 Å². The maximum atomic E-state index is 9.13. The zero-order chi connectivity index (χ0) is 13.7. The first-order valence-corrected chi connectivity index (χ1v) is 7.91. The molecule has 19 heavy (non-hydrogen) atoms. The number of thiazole rings is 1. The molecule has 1 saturated heterocycles. The molecule has 2 rings (SSSR count). The van der Waals surface area contributed by atoms with Gasteiger partial charge in [-0.15, -0.1) is 11.3 Å². The van der Waals surface area contributed by atoms with E-state index in [9.17, 15) is 0 Å². The third kappa shape index (κ3) is 3.75. The van der Waals surface area contributed by atoms with Crippen molar-refractivity contribution in [2.24, 2.45) is 0 Å². The van der Waals surface area contributed by atoms with E-state index in [2.05, 4.69) is 34.7 Å². The van der Waals surface area contributed by atoms with Crippen molar-refractivity contribution in [3.8, 4) is 6.07 Å². The lowest BCUT2D eigenvalue weighted by Crippen LogP contribution is -2.45. The Balaban J connectivity index is 1.94. The van der Waals surface area contributed by atoms with Crippen LogP contribution in [0.3, 0.4) is 0 Å². The second-order valence-corrected chi connectivity index (χ2v) is 6.04. The third-order valence-corrected chi connectivity index (χ3v) is 4.59. The Labute approximate surface area is 119 Å². The molecule has 0 aromatic carbocycles. The first-order valence-electron chi connectivity index (χ1n) is 7.10. The highest BCUT2D eigenvalue weighted by Gasteiger charge is 2.18. The van der Waals surface area contributed by atoms with Gasteiger partial charge in [-0.05, 0) is 13.0 Å². The quantitative estimate of drug-likeness (QED) is 0.827.